The van der Waals surface area contributed by atoms with Crippen molar-refractivity contribution in [2.45, 2.75) is 55.8 Å². The van der Waals surface area contributed by atoms with Gasteiger partial charge in [-0.25, -0.2) is 4.39 Å². The number of ether oxygens (including phenoxy) is 1. The Balaban J connectivity index is 1.84. The minimum Gasteiger partial charge on any atom is -0.394 e. The molecule has 0 unspecified atom stereocenters. The first kappa shape index (κ1) is 28.9. The fraction of sp³-hybridized carbons (Fsp3) is 0.379. The van der Waals surface area contributed by atoms with Gasteiger partial charge in [0.25, 0.3) is 5.91 Å². The van der Waals surface area contributed by atoms with Crippen LogP contribution in [0.25, 0.3) is 0 Å². The Morgan fingerprint density at radius 2 is 1.77 bits per heavy atom. The highest BCUT2D eigenvalue weighted by atomic mass is 35.5. The molecule has 5 rings (SSSR count). The van der Waals surface area contributed by atoms with E-state index in [0.717, 1.165) is 11.0 Å². The minimum absolute atomic E-state index is 0.112. The van der Waals surface area contributed by atoms with Gasteiger partial charge in [0, 0.05) is 16.8 Å². The molecule has 3 aromatic rings. The van der Waals surface area contributed by atoms with Gasteiger partial charge in [0.05, 0.1) is 46.3 Å². The lowest BCUT2D eigenvalue weighted by molar-refractivity contribution is -0.162. The van der Waals surface area contributed by atoms with Gasteiger partial charge in [-0.15, -0.1) is 0 Å². The van der Waals surface area contributed by atoms with E-state index in [4.69, 9.17) is 27.9 Å². The molecule has 11 heteroatoms. The van der Waals surface area contributed by atoms with Crippen molar-refractivity contribution in [2.24, 2.45) is 0 Å². The molecule has 2 aliphatic rings. The summed E-state index contributed by atoms with van der Waals surface area (Å²) in [6.07, 6.45) is 0.646. The predicted octanol–water partition coefficient (Wildman–Crippen LogP) is 4.05. The second-order valence-electron chi connectivity index (χ2n) is 10.9. The number of aliphatic hydroxyl groups excluding tert-OH is 2. The Bertz CT molecular complexity index is 1430. The maximum absolute atomic E-state index is 16.3. The van der Waals surface area contributed by atoms with Crippen LogP contribution in [0, 0.1) is 5.82 Å². The maximum atomic E-state index is 16.3. The van der Waals surface area contributed by atoms with Crippen molar-refractivity contribution in [1.29, 1.82) is 0 Å². The van der Waals surface area contributed by atoms with Crippen molar-refractivity contribution in [3.8, 4) is 0 Å². The van der Waals surface area contributed by atoms with Crippen LogP contribution >= 0.6 is 23.2 Å². The summed E-state index contributed by atoms with van der Waals surface area (Å²) in [6, 6.07) is 10.4. The first-order valence-corrected chi connectivity index (χ1v) is 13.5. The van der Waals surface area contributed by atoms with E-state index in [2.05, 4.69) is 4.98 Å². The lowest BCUT2D eigenvalue weighted by Crippen LogP contribution is -2.53. The molecule has 1 aliphatic heterocycles. The van der Waals surface area contributed by atoms with Crippen molar-refractivity contribution in [2.75, 3.05) is 13.2 Å². The van der Waals surface area contributed by atoms with Gasteiger partial charge in [-0.05, 0) is 68.7 Å². The van der Waals surface area contributed by atoms with Crippen LogP contribution in [0.3, 0.4) is 0 Å². The average Bonchev–Trinajstić information content (AvgIpc) is 3.59. The van der Waals surface area contributed by atoms with Gasteiger partial charge in [-0.3, -0.25) is 14.7 Å². The monoisotopic (exact) mass is 590 g/mol. The summed E-state index contributed by atoms with van der Waals surface area (Å²) < 4.78 is 22.8. The highest BCUT2D eigenvalue weighted by molar-refractivity contribution is 6.30. The second kappa shape index (κ2) is 10.3. The number of aliphatic hydroxyl groups is 4. The average molecular weight is 591 g/mol. The third kappa shape index (κ3) is 5.00. The van der Waals surface area contributed by atoms with Crippen molar-refractivity contribution < 1.29 is 34.3 Å². The van der Waals surface area contributed by atoms with Crippen LogP contribution in [0.1, 0.15) is 65.5 Å². The minimum atomic E-state index is -2.03. The molecular formula is C29H29Cl2FN2O6. The Hall–Kier alpha value is -2.63. The standard InChI is InChI=1S/C29H29Cl2FN2O6/c1-27(2,38)17-11-20-24(21(32)12-17)29(40-15-28(39)9-10-28,16-3-5-18(30)6-4-16)34(26(20)37)25(23(36)14-35)22-8-7-19(31)13-33-22/h3-8,11-13,23,25,35-36,38-39H,9-10,14-15H2,1-2H3/t23-,25+,29+/m0/s1. The second-order valence-corrected chi connectivity index (χ2v) is 11.7. The zero-order chi connectivity index (χ0) is 29.0. The molecule has 0 saturated heterocycles. The summed E-state index contributed by atoms with van der Waals surface area (Å²) in [4.78, 5) is 19.8. The quantitative estimate of drug-likeness (QED) is 0.296. The van der Waals surface area contributed by atoms with Crippen LogP contribution in [0.5, 0.6) is 0 Å². The van der Waals surface area contributed by atoms with E-state index in [1.165, 1.54) is 38.2 Å². The highest BCUT2D eigenvalue weighted by Gasteiger charge is 2.59. The first-order valence-electron chi connectivity index (χ1n) is 12.7. The number of halogens is 3. The normalized spacial score (nSPS) is 21.3. The number of nitrogens with zero attached hydrogens (tertiary/aromatic N) is 2. The van der Waals surface area contributed by atoms with E-state index in [9.17, 15) is 25.2 Å². The van der Waals surface area contributed by atoms with Crippen molar-refractivity contribution in [3.05, 3.63) is 98.5 Å². The zero-order valence-electron chi connectivity index (χ0n) is 21.8. The van der Waals surface area contributed by atoms with E-state index < -0.39 is 47.4 Å². The first-order chi connectivity index (χ1) is 18.8. The largest absolute Gasteiger partial charge is 0.394 e. The lowest BCUT2D eigenvalue weighted by Gasteiger charge is -2.45. The molecule has 0 radical (unpaired) electrons. The van der Waals surface area contributed by atoms with Gasteiger partial charge >= 0.3 is 0 Å². The zero-order valence-corrected chi connectivity index (χ0v) is 23.3. The molecule has 1 amide bonds. The van der Waals surface area contributed by atoms with E-state index >= 15 is 4.39 Å². The van der Waals surface area contributed by atoms with Gasteiger partial charge in [0.1, 0.15) is 18.0 Å². The van der Waals surface area contributed by atoms with Crippen LogP contribution in [0.2, 0.25) is 10.0 Å². The number of hydrogen-bond donors (Lipinski definition) is 4. The Labute approximate surface area is 240 Å². The molecule has 2 aromatic carbocycles. The SMILES string of the molecule is CC(C)(O)c1cc(F)c2c(c1)C(=O)N([C@H](c1ccc(Cl)cn1)[C@@H](O)CO)[C@@]2(OCC1(O)CC1)c1ccc(Cl)cc1. The van der Waals surface area contributed by atoms with Gasteiger partial charge < -0.3 is 25.2 Å². The molecule has 1 fully saturated rings. The van der Waals surface area contributed by atoms with E-state index in [1.54, 1.807) is 24.3 Å². The molecule has 4 N–H and O–H groups in total. The number of hydrogen-bond acceptors (Lipinski definition) is 7. The van der Waals surface area contributed by atoms with Gasteiger partial charge in [-0.2, -0.15) is 0 Å². The van der Waals surface area contributed by atoms with Crippen LogP contribution in [0.15, 0.2) is 54.7 Å². The number of fused-ring (bicyclic) bond motifs is 1. The molecule has 2 heterocycles. The Morgan fingerprint density at radius 1 is 1.12 bits per heavy atom. The third-order valence-corrected chi connectivity index (χ3v) is 7.89. The Morgan fingerprint density at radius 3 is 2.33 bits per heavy atom. The smallest absolute Gasteiger partial charge is 0.257 e. The summed E-state index contributed by atoms with van der Waals surface area (Å²) >= 11 is 12.2. The fourth-order valence-electron chi connectivity index (χ4n) is 5.06. The van der Waals surface area contributed by atoms with Crippen molar-refractivity contribution in [3.63, 3.8) is 0 Å². The van der Waals surface area contributed by atoms with E-state index in [-0.39, 0.29) is 34.6 Å². The van der Waals surface area contributed by atoms with Gasteiger partial charge in [0.15, 0.2) is 0 Å². The van der Waals surface area contributed by atoms with E-state index in [0.29, 0.717) is 22.9 Å². The van der Waals surface area contributed by atoms with Crippen LogP contribution in [-0.2, 0) is 16.1 Å². The number of carbonyl (C=O) groups is 1. The molecule has 8 nitrogen and oxygen atoms in total. The number of rotatable bonds is 9. The summed E-state index contributed by atoms with van der Waals surface area (Å²) in [5, 5.41) is 43.3. The highest BCUT2D eigenvalue weighted by Crippen LogP contribution is 2.53. The summed E-state index contributed by atoms with van der Waals surface area (Å²) in [5.74, 6) is -1.59. The molecule has 1 aliphatic carbocycles. The van der Waals surface area contributed by atoms with Crippen molar-refractivity contribution >= 4 is 29.1 Å². The molecule has 0 bridgehead atoms. The predicted molar refractivity (Wildman–Crippen MR) is 145 cm³/mol. The number of amides is 1. The summed E-state index contributed by atoms with van der Waals surface area (Å²) in [7, 11) is 0. The lowest BCUT2D eigenvalue weighted by atomic mass is 9.88. The number of benzene rings is 2. The molecular weight excluding hydrogens is 562 g/mol. The van der Waals surface area contributed by atoms with Crippen LogP contribution in [0.4, 0.5) is 4.39 Å². The third-order valence-electron chi connectivity index (χ3n) is 7.42. The molecule has 1 aromatic heterocycles. The fourth-order valence-corrected chi connectivity index (χ4v) is 5.30. The number of aromatic nitrogens is 1. The Kier molecular flexibility index (Phi) is 7.46. The summed E-state index contributed by atoms with van der Waals surface area (Å²) in [5.41, 5.74) is -4.38. The number of carbonyl (C=O) groups excluding carboxylic acids is 1. The number of pyridine rings is 1. The van der Waals surface area contributed by atoms with Gasteiger partial charge in [0.2, 0.25) is 5.72 Å². The van der Waals surface area contributed by atoms with Crippen LogP contribution in [-0.4, -0.2) is 61.1 Å². The molecule has 40 heavy (non-hydrogen) atoms. The molecule has 1 saturated carbocycles. The van der Waals surface area contributed by atoms with Crippen molar-refractivity contribution in [1.82, 2.24) is 9.88 Å². The molecule has 212 valence electrons. The maximum Gasteiger partial charge on any atom is 0.257 e. The van der Waals surface area contributed by atoms with E-state index in [1.807, 2.05) is 0 Å². The molecule has 3 atom stereocenters. The van der Waals surface area contributed by atoms with Crippen LogP contribution < -0.4 is 0 Å². The molecule has 0 spiro atoms. The van der Waals surface area contributed by atoms with Gasteiger partial charge in [-0.1, -0.05) is 35.3 Å². The summed E-state index contributed by atoms with van der Waals surface area (Å²) in [6.45, 7) is 1.90. The topological polar surface area (TPSA) is 123 Å².